The first-order chi connectivity index (χ1) is 9.56. The number of rotatable bonds is 5. The fourth-order valence-electron chi connectivity index (χ4n) is 2.26. The number of carbonyl (C=O) groups is 2. The number of nitrogens with zero attached hydrogens (tertiary/aromatic N) is 1. The van der Waals surface area contributed by atoms with E-state index in [0.717, 1.165) is 18.6 Å². The van der Waals surface area contributed by atoms with Crippen LogP contribution in [0.4, 0.5) is 0 Å². The van der Waals surface area contributed by atoms with Crippen LogP contribution in [0.5, 0.6) is 0 Å². The minimum atomic E-state index is -0.942. The van der Waals surface area contributed by atoms with Crippen molar-refractivity contribution in [3.8, 4) is 0 Å². The number of ether oxygens (including phenoxy) is 1. The summed E-state index contributed by atoms with van der Waals surface area (Å²) in [7, 11) is 1.77. The number of benzene rings is 1. The molecule has 1 saturated heterocycles. The van der Waals surface area contributed by atoms with E-state index in [4.69, 9.17) is 9.84 Å². The molecule has 1 heterocycles. The highest BCUT2D eigenvalue weighted by Gasteiger charge is 2.21. The average Bonchev–Trinajstić information content (AvgIpc) is 2.92. The molecule has 1 fully saturated rings. The molecule has 0 radical (unpaired) electrons. The normalized spacial score (nSPS) is 17.9. The molecule has 20 heavy (non-hydrogen) atoms. The van der Waals surface area contributed by atoms with Crippen molar-refractivity contribution >= 4 is 11.9 Å². The summed E-state index contributed by atoms with van der Waals surface area (Å²) in [5.74, 6) is -0.510. The molecule has 1 N–H and O–H groups in total. The zero-order chi connectivity index (χ0) is 14.5. The number of carbonyl (C=O) groups excluding carboxylic acids is 1. The topological polar surface area (TPSA) is 66.8 Å². The van der Waals surface area contributed by atoms with Crippen LogP contribution in [-0.2, 0) is 16.1 Å². The first-order valence-electron chi connectivity index (χ1n) is 6.70. The predicted octanol–water partition coefficient (Wildman–Crippen LogP) is 1.77. The third-order valence-electron chi connectivity index (χ3n) is 3.53. The maximum Gasteiger partial charge on any atom is 0.335 e. The van der Waals surface area contributed by atoms with Crippen LogP contribution in [0.1, 0.15) is 28.8 Å². The van der Waals surface area contributed by atoms with Gasteiger partial charge in [-0.2, -0.15) is 0 Å². The van der Waals surface area contributed by atoms with Gasteiger partial charge in [-0.1, -0.05) is 12.1 Å². The Hall–Kier alpha value is -1.88. The van der Waals surface area contributed by atoms with Gasteiger partial charge in [-0.3, -0.25) is 4.79 Å². The van der Waals surface area contributed by atoms with Gasteiger partial charge in [-0.05, 0) is 30.0 Å². The van der Waals surface area contributed by atoms with E-state index in [1.165, 1.54) is 0 Å². The standard InChI is InChI=1S/C15H19NO4/c1-16(14(17)8-12-6-7-20-10-12)9-11-2-4-13(5-3-11)15(18)19/h2-5,12H,6-10H2,1H3,(H,18,19). The van der Waals surface area contributed by atoms with Crippen molar-refractivity contribution in [1.82, 2.24) is 4.90 Å². The lowest BCUT2D eigenvalue weighted by atomic mass is 10.0. The summed E-state index contributed by atoms with van der Waals surface area (Å²) in [4.78, 5) is 24.5. The quantitative estimate of drug-likeness (QED) is 0.890. The Balaban J connectivity index is 1.87. The first kappa shape index (κ1) is 14.5. The van der Waals surface area contributed by atoms with Gasteiger partial charge in [0, 0.05) is 33.2 Å². The van der Waals surface area contributed by atoms with Crippen LogP contribution in [0.25, 0.3) is 0 Å². The van der Waals surface area contributed by atoms with Gasteiger partial charge in [0.15, 0.2) is 0 Å². The molecule has 1 aromatic carbocycles. The van der Waals surface area contributed by atoms with E-state index in [-0.39, 0.29) is 11.5 Å². The molecule has 5 nitrogen and oxygen atoms in total. The van der Waals surface area contributed by atoms with Crippen molar-refractivity contribution in [3.05, 3.63) is 35.4 Å². The molecule has 1 amide bonds. The maximum atomic E-state index is 12.1. The van der Waals surface area contributed by atoms with Crippen molar-refractivity contribution in [2.45, 2.75) is 19.4 Å². The predicted molar refractivity (Wildman–Crippen MR) is 73.4 cm³/mol. The van der Waals surface area contributed by atoms with Gasteiger partial charge in [0.25, 0.3) is 0 Å². The fraction of sp³-hybridized carbons (Fsp3) is 0.467. The van der Waals surface area contributed by atoms with E-state index < -0.39 is 5.97 Å². The monoisotopic (exact) mass is 277 g/mol. The van der Waals surface area contributed by atoms with Crippen molar-refractivity contribution in [2.75, 3.05) is 20.3 Å². The Morgan fingerprint density at radius 3 is 2.60 bits per heavy atom. The number of hydrogen-bond donors (Lipinski definition) is 1. The van der Waals surface area contributed by atoms with E-state index in [9.17, 15) is 9.59 Å². The van der Waals surface area contributed by atoms with E-state index >= 15 is 0 Å². The largest absolute Gasteiger partial charge is 0.478 e. The van der Waals surface area contributed by atoms with E-state index in [2.05, 4.69) is 0 Å². The third kappa shape index (κ3) is 3.81. The minimum absolute atomic E-state index is 0.0998. The summed E-state index contributed by atoms with van der Waals surface area (Å²) in [6.07, 6.45) is 1.47. The zero-order valence-corrected chi connectivity index (χ0v) is 11.5. The van der Waals surface area contributed by atoms with Crippen LogP contribution in [-0.4, -0.2) is 42.1 Å². The lowest BCUT2D eigenvalue weighted by Crippen LogP contribution is -2.28. The van der Waals surface area contributed by atoms with E-state index in [1.54, 1.807) is 36.2 Å². The smallest absolute Gasteiger partial charge is 0.335 e. The van der Waals surface area contributed by atoms with Gasteiger partial charge >= 0.3 is 5.97 Å². The lowest BCUT2D eigenvalue weighted by Gasteiger charge is -2.19. The Morgan fingerprint density at radius 1 is 1.35 bits per heavy atom. The minimum Gasteiger partial charge on any atom is -0.478 e. The number of carboxylic acid groups (broad SMARTS) is 1. The molecule has 5 heteroatoms. The molecule has 2 rings (SSSR count). The molecule has 1 atom stereocenters. The summed E-state index contributed by atoms with van der Waals surface area (Å²) in [6, 6.07) is 6.60. The van der Waals surface area contributed by atoms with Gasteiger partial charge in [0.05, 0.1) is 5.56 Å². The number of aromatic carboxylic acids is 1. The van der Waals surface area contributed by atoms with Crippen molar-refractivity contribution in [3.63, 3.8) is 0 Å². The highest BCUT2D eigenvalue weighted by Crippen LogP contribution is 2.18. The average molecular weight is 277 g/mol. The summed E-state index contributed by atoms with van der Waals surface area (Å²) < 4.78 is 5.27. The molecule has 0 saturated carbocycles. The number of amides is 1. The van der Waals surface area contributed by atoms with Crippen molar-refractivity contribution in [1.29, 1.82) is 0 Å². The molecule has 0 aromatic heterocycles. The molecule has 1 aromatic rings. The zero-order valence-electron chi connectivity index (χ0n) is 11.5. The summed E-state index contributed by atoms with van der Waals surface area (Å²) in [6.45, 7) is 1.91. The van der Waals surface area contributed by atoms with E-state index in [1.807, 2.05) is 0 Å². The second kappa shape index (κ2) is 6.52. The Labute approximate surface area is 118 Å². The SMILES string of the molecule is CN(Cc1ccc(C(=O)O)cc1)C(=O)CC1CCOC1. The van der Waals surface area contributed by atoms with Crippen molar-refractivity contribution < 1.29 is 19.4 Å². The summed E-state index contributed by atoms with van der Waals surface area (Å²) >= 11 is 0. The summed E-state index contributed by atoms with van der Waals surface area (Å²) in [5.41, 5.74) is 1.18. The highest BCUT2D eigenvalue weighted by molar-refractivity contribution is 5.87. The first-order valence-corrected chi connectivity index (χ1v) is 6.70. The third-order valence-corrected chi connectivity index (χ3v) is 3.53. The summed E-state index contributed by atoms with van der Waals surface area (Å²) in [5, 5.41) is 8.83. The Morgan fingerprint density at radius 2 is 2.05 bits per heavy atom. The highest BCUT2D eigenvalue weighted by atomic mass is 16.5. The molecule has 1 aliphatic heterocycles. The van der Waals surface area contributed by atoms with Gasteiger partial charge in [0.2, 0.25) is 5.91 Å². The second-order valence-electron chi connectivity index (χ2n) is 5.19. The van der Waals surface area contributed by atoms with Gasteiger partial charge in [0.1, 0.15) is 0 Å². The molecule has 1 unspecified atom stereocenters. The van der Waals surface area contributed by atoms with Crippen LogP contribution in [0.3, 0.4) is 0 Å². The number of carboxylic acids is 1. The number of hydrogen-bond acceptors (Lipinski definition) is 3. The Kier molecular flexibility index (Phi) is 4.74. The molecule has 1 aliphatic rings. The maximum absolute atomic E-state index is 12.1. The Bertz CT molecular complexity index is 477. The second-order valence-corrected chi connectivity index (χ2v) is 5.19. The van der Waals surface area contributed by atoms with Crippen LogP contribution in [0.2, 0.25) is 0 Å². The molecule has 0 spiro atoms. The van der Waals surface area contributed by atoms with Crippen LogP contribution in [0, 0.1) is 5.92 Å². The molecular formula is C15H19NO4. The van der Waals surface area contributed by atoms with Gasteiger partial charge < -0.3 is 14.7 Å². The lowest BCUT2D eigenvalue weighted by molar-refractivity contribution is -0.131. The van der Waals surface area contributed by atoms with E-state index in [0.29, 0.717) is 25.5 Å². The van der Waals surface area contributed by atoms with Crippen LogP contribution >= 0.6 is 0 Å². The van der Waals surface area contributed by atoms with Crippen molar-refractivity contribution in [2.24, 2.45) is 5.92 Å². The van der Waals surface area contributed by atoms with Crippen LogP contribution < -0.4 is 0 Å². The molecule has 108 valence electrons. The fourth-order valence-corrected chi connectivity index (χ4v) is 2.26. The van der Waals surface area contributed by atoms with Gasteiger partial charge in [-0.25, -0.2) is 4.79 Å². The molecule has 0 aliphatic carbocycles. The van der Waals surface area contributed by atoms with Crippen LogP contribution in [0.15, 0.2) is 24.3 Å². The molecular weight excluding hydrogens is 258 g/mol. The van der Waals surface area contributed by atoms with Gasteiger partial charge in [-0.15, -0.1) is 0 Å². The molecule has 0 bridgehead atoms.